The molecule has 20 heteroatoms. The fourth-order valence-corrected chi connectivity index (χ4v) is 6.70. The summed E-state index contributed by atoms with van der Waals surface area (Å²) in [5, 5.41) is 60.4. The third-order valence-corrected chi connectivity index (χ3v) is 9.97. The van der Waals surface area contributed by atoms with Gasteiger partial charge in [-0.2, -0.15) is 0 Å². The van der Waals surface area contributed by atoms with Crippen molar-refractivity contribution in [1.29, 1.82) is 0 Å². The molecule has 2 heterocycles. The summed E-state index contributed by atoms with van der Waals surface area (Å²) in [6.45, 7) is 7.10. The number of carbonyl (C=O) groups excluding carboxylic acids is 4. The summed E-state index contributed by atoms with van der Waals surface area (Å²) in [5.41, 5.74) is 0. The van der Waals surface area contributed by atoms with Crippen molar-refractivity contribution in [3.63, 3.8) is 0 Å². The molecule has 8 N–H and O–H groups in total. The van der Waals surface area contributed by atoms with Crippen LogP contribution in [0.4, 0.5) is 0 Å². The quantitative estimate of drug-likeness (QED) is 0.0398. The van der Waals surface area contributed by atoms with Gasteiger partial charge in [0.2, 0.25) is 17.7 Å². The van der Waals surface area contributed by atoms with Gasteiger partial charge in [0, 0.05) is 39.5 Å². The van der Waals surface area contributed by atoms with Crippen molar-refractivity contribution in [3.05, 3.63) is 0 Å². The Labute approximate surface area is 352 Å². The monoisotopic (exact) mass is 865 g/mol. The van der Waals surface area contributed by atoms with Crippen LogP contribution in [0.3, 0.4) is 0 Å². The highest BCUT2D eigenvalue weighted by molar-refractivity contribution is 5.78. The molecule has 0 bridgehead atoms. The minimum absolute atomic E-state index is 0.00396. The molecule has 0 radical (unpaired) electrons. The second-order valence-corrected chi connectivity index (χ2v) is 15.0. The molecule has 0 aliphatic carbocycles. The van der Waals surface area contributed by atoms with Crippen molar-refractivity contribution < 1.29 is 82.7 Å². The van der Waals surface area contributed by atoms with E-state index in [9.17, 15) is 49.5 Å². The number of carboxylic acids is 1. The highest BCUT2D eigenvalue weighted by Gasteiger charge is 2.53. The first-order valence-electron chi connectivity index (χ1n) is 21.4. The van der Waals surface area contributed by atoms with Crippen LogP contribution in [0.15, 0.2) is 0 Å². The van der Waals surface area contributed by atoms with Crippen LogP contribution in [0.25, 0.3) is 0 Å². The SMILES string of the molecule is CCNC(=O)COCCOCCOCC(=O)NCCCCCCCC(=O)CCCCCCCOC1OC(C(=O)O)C(OC2OC(CC)C(O)C(O)C2NC(C)=O)C(O)C1O. The number of carboxylic acid groups (broad SMARTS) is 1. The molecule has 348 valence electrons. The van der Waals surface area contributed by atoms with E-state index in [0.717, 1.165) is 57.8 Å². The smallest absolute Gasteiger partial charge is 0.335 e. The molecule has 0 aromatic heterocycles. The second kappa shape index (κ2) is 31.0. The van der Waals surface area contributed by atoms with Gasteiger partial charge in [-0.1, -0.05) is 45.4 Å². The van der Waals surface area contributed by atoms with Gasteiger partial charge in [-0.15, -0.1) is 0 Å². The van der Waals surface area contributed by atoms with Gasteiger partial charge >= 0.3 is 5.97 Å². The lowest BCUT2D eigenvalue weighted by molar-refractivity contribution is -0.339. The van der Waals surface area contributed by atoms with E-state index >= 15 is 0 Å². The summed E-state index contributed by atoms with van der Waals surface area (Å²) in [6, 6.07) is -1.31. The molecule has 10 atom stereocenters. The van der Waals surface area contributed by atoms with Gasteiger partial charge in [-0.25, -0.2) is 4.79 Å². The Morgan fingerprint density at radius 2 is 1.18 bits per heavy atom. The first-order valence-corrected chi connectivity index (χ1v) is 21.4. The summed E-state index contributed by atoms with van der Waals surface area (Å²) in [7, 11) is 0. The number of nitrogens with one attached hydrogen (secondary N) is 3. The molecular weight excluding hydrogens is 794 g/mol. The Bertz CT molecular complexity index is 1250. The van der Waals surface area contributed by atoms with Crippen LogP contribution in [0.5, 0.6) is 0 Å². The molecule has 20 nitrogen and oxygen atoms in total. The molecule has 10 unspecified atom stereocenters. The summed E-state index contributed by atoms with van der Waals surface area (Å²) >= 11 is 0. The number of unbranched alkanes of at least 4 members (excludes halogenated alkanes) is 8. The highest BCUT2D eigenvalue weighted by atomic mass is 16.7. The minimum atomic E-state index is -1.80. The van der Waals surface area contributed by atoms with Gasteiger partial charge < -0.3 is 74.6 Å². The normalized spacial score (nSPS) is 26.6. The molecule has 2 fully saturated rings. The Balaban J connectivity index is 1.49. The number of carbonyl (C=O) groups is 5. The van der Waals surface area contributed by atoms with E-state index in [-0.39, 0.29) is 50.4 Å². The fraction of sp³-hybridized carbons (Fsp3) is 0.875. The number of aliphatic hydroxyl groups is 4. The number of ketones is 1. The van der Waals surface area contributed by atoms with Gasteiger partial charge in [0.1, 0.15) is 55.6 Å². The third kappa shape index (κ3) is 20.8. The molecule has 2 rings (SSSR count). The lowest BCUT2D eigenvalue weighted by atomic mass is 9.94. The van der Waals surface area contributed by atoms with Gasteiger partial charge in [0.25, 0.3) is 0 Å². The Morgan fingerprint density at radius 3 is 1.77 bits per heavy atom. The second-order valence-electron chi connectivity index (χ2n) is 15.0. The lowest BCUT2D eigenvalue weighted by Gasteiger charge is -2.46. The maximum absolute atomic E-state index is 12.3. The van der Waals surface area contributed by atoms with E-state index in [1.807, 2.05) is 6.92 Å². The maximum Gasteiger partial charge on any atom is 0.335 e. The van der Waals surface area contributed by atoms with Crippen molar-refractivity contribution in [3.8, 4) is 0 Å². The van der Waals surface area contributed by atoms with Crippen molar-refractivity contribution in [2.24, 2.45) is 0 Å². The zero-order chi connectivity index (χ0) is 44.3. The van der Waals surface area contributed by atoms with Crippen LogP contribution in [0, 0.1) is 0 Å². The third-order valence-electron chi connectivity index (χ3n) is 9.97. The first kappa shape index (κ1) is 53.2. The van der Waals surface area contributed by atoms with E-state index in [2.05, 4.69) is 16.0 Å². The number of ether oxygens (including phenoxy) is 7. The van der Waals surface area contributed by atoms with Gasteiger partial charge in [-0.3, -0.25) is 19.2 Å². The summed E-state index contributed by atoms with van der Waals surface area (Å²) in [6.07, 6.45) is -4.10. The molecule has 0 aromatic rings. The van der Waals surface area contributed by atoms with Crippen molar-refractivity contribution in [2.45, 2.75) is 166 Å². The number of aliphatic hydroxyl groups excluding tert-OH is 4. The van der Waals surface area contributed by atoms with E-state index < -0.39 is 73.2 Å². The first-order chi connectivity index (χ1) is 28.8. The number of Topliss-reactive ketones (excluding diaryl/α,β-unsaturated/α-hetero) is 1. The van der Waals surface area contributed by atoms with Crippen molar-refractivity contribution in [1.82, 2.24) is 16.0 Å². The standard InChI is InChI=1S/C40H71N3O17/c1-4-28-32(48)33(49)31(43-26(3)44)39(58-28)59-36-34(50)35(51)40(60-37(36)38(52)53)57-19-15-11-7-9-13-17-27(45)16-12-8-6-10-14-18-42-30(47)25-56-23-21-54-20-22-55-24-29(46)41-5-2/h28,31-37,39-40,48-51H,4-25H2,1-3H3,(H,41,46)(H,42,47)(H,43,44)(H,52,53). The molecule has 0 aromatic carbocycles. The van der Waals surface area contributed by atoms with Crippen molar-refractivity contribution >= 4 is 29.5 Å². The molecule has 2 aliphatic heterocycles. The number of likely N-dealkylation sites (N-methyl/N-ethyl adjacent to an activating group) is 1. The Morgan fingerprint density at radius 1 is 0.617 bits per heavy atom. The van der Waals surface area contributed by atoms with Crippen LogP contribution < -0.4 is 16.0 Å². The highest BCUT2D eigenvalue weighted by Crippen LogP contribution is 2.30. The summed E-state index contributed by atoms with van der Waals surface area (Å²) < 4.78 is 38.4. The minimum Gasteiger partial charge on any atom is -0.479 e. The molecule has 3 amide bonds. The molecule has 0 spiro atoms. The number of aliphatic carboxylic acids is 1. The van der Waals surface area contributed by atoms with Crippen LogP contribution >= 0.6 is 0 Å². The summed E-state index contributed by atoms with van der Waals surface area (Å²) in [4.78, 5) is 59.4. The lowest BCUT2D eigenvalue weighted by Crippen LogP contribution is -2.67. The number of rotatable bonds is 33. The summed E-state index contributed by atoms with van der Waals surface area (Å²) in [5.74, 6) is -2.21. The van der Waals surface area contributed by atoms with E-state index in [0.29, 0.717) is 52.2 Å². The molecule has 0 saturated carbocycles. The topological polar surface area (TPSA) is 287 Å². The molecular formula is C40H71N3O17. The fourth-order valence-electron chi connectivity index (χ4n) is 6.70. The number of hydrogen-bond acceptors (Lipinski definition) is 16. The van der Waals surface area contributed by atoms with Gasteiger partial charge in [0.15, 0.2) is 18.7 Å². The van der Waals surface area contributed by atoms with Crippen molar-refractivity contribution in [2.75, 3.05) is 59.3 Å². The average molecular weight is 866 g/mol. The molecule has 2 saturated heterocycles. The zero-order valence-corrected chi connectivity index (χ0v) is 35.5. The largest absolute Gasteiger partial charge is 0.479 e. The van der Waals surface area contributed by atoms with Gasteiger partial charge in [0.05, 0.1) is 32.5 Å². The van der Waals surface area contributed by atoms with E-state index in [1.165, 1.54) is 6.92 Å². The number of amides is 3. The van der Waals surface area contributed by atoms with Gasteiger partial charge in [-0.05, 0) is 39.0 Å². The van der Waals surface area contributed by atoms with Crippen LogP contribution in [-0.4, -0.2) is 176 Å². The Hall–Kier alpha value is -2.89. The van der Waals surface area contributed by atoms with E-state index in [4.69, 9.17) is 33.2 Å². The molecule has 60 heavy (non-hydrogen) atoms. The predicted octanol–water partition coefficient (Wildman–Crippen LogP) is -0.167. The predicted molar refractivity (Wildman–Crippen MR) is 212 cm³/mol. The van der Waals surface area contributed by atoms with E-state index in [1.54, 1.807) is 6.92 Å². The maximum atomic E-state index is 12.3. The van der Waals surface area contributed by atoms with Crippen LogP contribution in [0.1, 0.15) is 104 Å². The van der Waals surface area contributed by atoms with Crippen LogP contribution in [-0.2, 0) is 57.1 Å². The Kier molecular flexibility index (Phi) is 27.5. The average Bonchev–Trinajstić information content (AvgIpc) is 3.21. The molecule has 2 aliphatic rings. The zero-order valence-electron chi connectivity index (χ0n) is 35.5. The number of hydrogen-bond donors (Lipinski definition) is 8. The van der Waals surface area contributed by atoms with Crippen LogP contribution in [0.2, 0.25) is 0 Å².